The standard InChI is InChI=1S/C35H52O5/c1-25(2)12-10-19-34-20-11-18-33(4,27-13-6-5-7-14-27)31(34)28-23-32(3,17-9-8-15-29(36)40-28)35(34,38)21-16-26-22-30(37)39-24-26/h22,25,27-28,31,38H,5-8,10-16,18-21,23-24H2,1-4H3/t28-,31+,32+,33+,34+,35-/m1/s1. The molecule has 2 aliphatic heterocycles. The van der Waals surface area contributed by atoms with Gasteiger partial charge in [-0.25, -0.2) is 4.79 Å². The smallest absolute Gasteiger partial charge is 0.331 e. The first-order valence-electron chi connectivity index (χ1n) is 16.3. The summed E-state index contributed by atoms with van der Waals surface area (Å²) in [6, 6.07) is 0. The predicted molar refractivity (Wildman–Crippen MR) is 156 cm³/mol. The molecule has 3 fully saturated rings. The highest BCUT2D eigenvalue weighted by Crippen LogP contribution is 2.71. The number of fused-ring (bicyclic) bond motifs is 4. The monoisotopic (exact) mass is 552 g/mol. The van der Waals surface area contributed by atoms with Crippen molar-refractivity contribution in [2.24, 2.45) is 34.0 Å². The van der Waals surface area contributed by atoms with Crippen molar-refractivity contribution in [3.05, 3.63) is 11.6 Å². The summed E-state index contributed by atoms with van der Waals surface area (Å²) in [4.78, 5) is 25.0. The molecule has 5 rings (SSSR count). The third kappa shape index (κ3) is 5.16. The molecule has 222 valence electrons. The summed E-state index contributed by atoms with van der Waals surface area (Å²) in [5.74, 6) is 7.76. The van der Waals surface area contributed by atoms with Crippen LogP contribution in [0.2, 0.25) is 0 Å². The average Bonchev–Trinajstić information content (AvgIpc) is 3.35. The molecule has 6 atom stereocenters. The van der Waals surface area contributed by atoms with Gasteiger partial charge in [0.25, 0.3) is 0 Å². The van der Waals surface area contributed by atoms with E-state index in [-0.39, 0.29) is 29.4 Å². The quantitative estimate of drug-likeness (QED) is 0.253. The van der Waals surface area contributed by atoms with Gasteiger partial charge in [-0.3, -0.25) is 4.79 Å². The zero-order valence-corrected chi connectivity index (χ0v) is 25.5. The molecule has 5 aliphatic rings. The van der Waals surface area contributed by atoms with Crippen LogP contribution in [-0.4, -0.2) is 35.4 Å². The van der Waals surface area contributed by atoms with Gasteiger partial charge in [0.1, 0.15) is 12.7 Å². The molecular weight excluding hydrogens is 500 g/mol. The topological polar surface area (TPSA) is 72.8 Å². The van der Waals surface area contributed by atoms with E-state index in [0.717, 1.165) is 44.1 Å². The lowest BCUT2D eigenvalue weighted by molar-refractivity contribution is -0.285. The predicted octanol–water partition coefficient (Wildman–Crippen LogP) is 7.30. The van der Waals surface area contributed by atoms with Crippen LogP contribution in [0.1, 0.15) is 130 Å². The highest BCUT2D eigenvalue weighted by molar-refractivity contribution is 5.85. The largest absolute Gasteiger partial charge is 0.462 e. The van der Waals surface area contributed by atoms with Crippen LogP contribution in [0.4, 0.5) is 0 Å². The Hall–Kier alpha value is -1.80. The number of hydrogen-bond acceptors (Lipinski definition) is 5. The molecule has 5 heteroatoms. The van der Waals surface area contributed by atoms with Gasteiger partial charge in [-0.15, -0.1) is 5.92 Å². The Morgan fingerprint density at radius 1 is 1.07 bits per heavy atom. The molecule has 0 amide bonds. The van der Waals surface area contributed by atoms with Crippen molar-refractivity contribution in [2.75, 3.05) is 6.61 Å². The van der Waals surface area contributed by atoms with Crippen molar-refractivity contribution in [3.63, 3.8) is 0 Å². The molecule has 0 saturated heterocycles. The molecule has 0 spiro atoms. The van der Waals surface area contributed by atoms with Gasteiger partial charge in [0.05, 0.1) is 17.4 Å². The molecule has 0 unspecified atom stereocenters. The van der Waals surface area contributed by atoms with Crippen LogP contribution in [0.15, 0.2) is 11.6 Å². The summed E-state index contributed by atoms with van der Waals surface area (Å²) in [6.07, 6.45) is 16.5. The maximum Gasteiger partial charge on any atom is 0.331 e. The molecule has 2 bridgehead atoms. The van der Waals surface area contributed by atoms with E-state index in [1.165, 1.54) is 32.1 Å². The lowest BCUT2D eigenvalue weighted by Gasteiger charge is -2.70. The third-order valence-electron chi connectivity index (χ3n) is 11.9. The minimum absolute atomic E-state index is 0.00391. The summed E-state index contributed by atoms with van der Waals surface area (Å²) in [6.45, 7) is 9.51. The van der Waals surface area contributed by atoms with E-state index in [2.05, 4.69) is 39.5 Å². The number of rotatable bonds is 8. The Labute approximate surface area is 242 Å². The number of carbonyl (C=O) groups excluding carboxylic acids is 2. The lowest BCUT2D eigenvalue weighted by atomic mass is 9.36. The van der Waals surface area contributed by atoms with E-state index in [9.17, 15) is 14.7 Å². The molecule has 0 aromatic heterocycles. The fourth-order valence-electron chi connectivity index (χ4n) is 10.1. The Balaban J connectivity index is 1.66. The molecule has 0 aromatic carbocycles. The Morgan fingerprint density at radius 2 is 1.85 bits per heavy atom. The van der Waals surface area contributed by atoms with Gasteiger partial charge in [-0.1, -0.05) is 65.2 Å². The first-order chi connectivity index (χ1) is 19.0. The number of aliphatic hydroxyl groups is 1. The van der Waals surface area contributed by atoms with Crippen LogP contribution >= 0.6 is 0 Å². The Kier molecular flexibility index (Phi) is 8.51. The fraction of sp³-hybridized carbons (Fsp3) is 0.829. The van der Waals surface area contributed by atoms with Crippen molar-refractivity contribution in [2.45, 2.75) is 142 Å². The molecule has 1 N–H and O–H groups in total. The van der Waals surface area contributed by atoms with Crippen LogP contribution in [-0.2, 0) is 19.1 Å². The van der Waals surface area contributed by atoms with Gasteiger partial charge >= 0.3 is 11.9 Å². The maximum absolute atomic E-state index is 13.5. The summed E-state index contributed by atoms with van der Waals surface area (Å²) >= 11 is 0. The van der Waals surface area contributed by atoms with Crippen molar-refractivity contribution in [1.82, 2.24) is 0 Å². The van der Waals surface area contributed by atoms with Gasteiger partial charge in [0, 0.05) is 30.3 Å². The highest BCUT2D eigenvalue weighted by atomic mass is 16.5. The summed E-state index contributed by atoms with van der Waals surface area (Å²) < 4.78 is 11.7. The number of cyclic esters (lactones) is 1. The average molecular weight is 553 g/mol. The Morgan fingerprint density at radius 3 is 2.55 bits per heavy atom. The number of esters is 2. The first-order valence-corrected chi connectivity index (χ1v) is 16.3. The van der Waals surface area contributed by atoms with E-state index in [0.29, 0.717) is 50.5 Å². The minimum atomic E-state index is -1.06. The van der Waals surface area contributed by atoms with Crippen molar-refractivity contribution < 1.29 is 24.2 Å². The fourth-order valence-corrected chi connectivity index (χ4v) is 10.1. The molecule has 5 nitrogen and oxygen atoms in total. The van der Waals surface area contributed by atoms with Gasteiger partial charge in [-0.05, 0) is 74.7 Å². The van der Waals surface area contributed by atoms with Crippen molar-refractivity contribution in [1.29, 1.82) is 0 Å². The summed E-state index contributed by atoms with van der Waals surface area (Å²) in [5.41, 5.74) is -1.21. The molecule has 0 aromatic rings. The molecule has 0 radical (unpaired) electrons. The van der Waals surface area contributed by atoms with Gasteiger partial charge in [0.2, 0.25) is 0 Å². The number of ether oxygens (including phenoxy) is 2. The molecular formula is C35H52O5. The lowest BCUT2D eigenvalue weighted by Crippen LogP contribution is -2.72. The van der Waals surface area contributed by atoms with E-state index < -0.39 is 16.4 Å². The van der Waals surface area contributed by atoms with E-state index >= 15 is 0 Å². The minimum Gasteiger partial charge on any atom is -0.462 e. The second kappa shape index (κ2) is 11.5. The second-order valence-corrected chi connectivity index (χ2v) is 14.8. The van der Waals surface area contributed by atoms with E-state index in [4.69, 9.17) is 9.47 Å². The highest BCUT2D eigenvalue weighted by Gasteiger charge is 2.72. The molecule has 2 heterocycles. The SMILES string of the molecule is CC(C)CCC[C@]12CCC[C@@](C)(C3CCCCC3)[C@@H]1[C@H]1C[C@](C)(C#CCCC(=O)O1)[C@]2(O)CCC1=CC(=O)OC1. The summed E-state index contributed by atoms with van der Waals surface area (Å²) in [7, 11) is 0. The zero-order valence-electron chi connectivity index (χ0n) is 25.5. The maximum atomic E-state index is 13.5. The van der Waals surface area contributed by atoms with Crippen LogP contribution in [0.3, 0.4) is 0 Å². The second-order valence-electron chi connectivity index (χ2n) is 14.8. The van der Waals surface area contributed by atoms with Crippen molar-refractivity contribution in [3.8, 4) is 11.8 Å². The summed E-state index contributed by atoms with van der Waals surface area (Å²) in [5, 5.41) is 13.5. The van der Waals surface area contributed by atoms with Crippen LogP contribution < -0.4 is 0 Å². The molecule has 40 heavy (non-hydrogen) atoms. The Bertz CT molecular complexity index is 1060. The zero-order chi connectivity index (χ0) is 28.6. The number of hydrogen-bond donors (Lipinski definition) is 1. The van der Waals surface area contributed by atoms with Crippen molar-refractivity contribution >= 4 is 11.9 Å². The van der Waals surface area contributed by atoms with E-state index in [1.54, 1.807) is 6.08 Å². The van der Waals surface area contributed by atoms with Gasteiger partial charge in [0.15, 0.2) is 0 Å². The van der Waals surface area contributed by atoms with Crippen LogP contribution in [0.5, 0.6) is 0 Å². The van der Waals surface area contributed by atoms with Gasteiger partial charge in [-0.2, -0.15) is 0 Å². The molecule has 3 saturated carbocycles. The van der Waals surface area contributed by atoms with E-state index in [1.807, 2.05) is 0 Å². The first kappa shape index (κ1) is 29.7. The third-order valence-corrected chi connectivity index (χ3v) is 11.9. The van der Waals surface area contributed by atoms with Crippen LogP contribution in [0, 0.1) is 45.8 Å². The number of carbonyl (C=O) groups is 2. The normalized spacial score (nSPS) is 40.1. The van der Waals surface area contributed by atoms with Gasteiger partial charge < -0.3 is 14.6 Å². The van der Waals surface area contributed by atoms with Crippen LogP contribution in [0.25, 0.3) is 0 Å². The molecule has 3 aliphatic carbocycles.